The van der Waals surface area contributed by atoms with Crippen LogP contribution < -0.4 is 0 Å². The molecule has 4 aromatic rings. The molecule has 0 unspecified atom stereocenters. The van der Waals surface area contributed by atoms with Crippen LogP contribution in [-0.4, -0.2) is 0 Å². The number of unbranched alkanes of at least 4 members (excludes halogenated alkanes) is 4. The van der Waals surface area contributed by atoms with Crippen molar-refractivity contribution >= 4 is 0 Å². The monoisotopic (exact) mass is 530 g/mol. The summed E-state index contributed by atoms with van der Waals surface area (Å²) in [4.78, 5) is 0. The highest BCUT2D eigenvalue weighted by atomic mass is 14.2. The van der Waals surface area contributed by atoms with Crippen molar-refractivity contribution in [1.82, 2.24) is 0 Å². The molecule has 0 saturated carbocycles. The van der Waals surface area contributed by atoms with Gasteiger partial charge in [0, 0.05) is 0 Å². The Morgan fingerprint density at radius 2 is 0.700 bits per heavy atom. The van der Waals surface area contributed by atoms with Crippen LogP contribution in [0.25, 0.3) is 33.4 Å². The van der Waals surface area contributed by atoms with Crippen LogP contribution in [0.1, 0.15) is 101 Å². The zero-order valence-corrected chi connectivity index (χ0v) is 25.6. The summed E-state index contributed by atoms with van der Waals surface area (Å²) in [6.45, 7) is 9.23. The van der Waals surface area contributed by atoms with Gasteiger partial charge in [0.2, 0.25) is 0 Å². The molecule has 0 aliphatic rings. The fourth-order valence-electron chi connectivity index (χ4n) is 6.19. The summed E-state index contributed by atoms with van der Waals surface area (Å²) in [5.41, 5.74) is 14.6. The van der Waals surface area contributed by atoms with Crippen molar-refractivity contribution in [2.75, 3.05) is 0 Å². The van der Waals surface area contributed by atoms with Crippen LogP contribution in [-0.2, 0) is 25.7 Å². The first-order valence-corrected chi connectivity index (χ1v) is 16.1. The van der Waals surface area contributed by atoms with Crippen LogP contribution in [0.2, 0.25) is 0 Å². The van der Waals surface area contributed by atoms with E-state index in [1.807, 2.05) is 0 Å². The summed E-state index contributed by atoms with van der Waals surface area (Å²) in [7, 11) is 0. The zero-order valence-electron chi connectivity index (χ0n) is 25.6. The average molecular weight is 531 g/mol. The standard InChI is InChI=1S/C40H50/c1-5-9-19-31-25-16-26-32(20-10-6-2)38(31)36-29-18-30-37(40(36)35-23-14-13-15-24-35)39-33(21-11-7-3)27-17-28-34(39)22-12-8-4/h13-18,23-30H,5-12,19-22H2,1-4H3. The molecule has 40 heavy (non-hydrogen) atoms. The molecule has 0 aromatic heterocycles. The van der Waals surface area contributed by atoms with E-state index in [2.05, 4.69) is 113 Å². The third kappa shape index (κ3) is 7.14. The van der Waals surface area contributed by atoms with Gasteiger partial charge in [-0.1, -0.05) is 138 Å². The van der Waals surface area contributed by atoms with Crippen molar-refractivity contribution in [1.29, 1.82) is 0 Å². The summed E-state index contributed by atoms with van der Waals surface area (Å²) >= 11 is 0. The number of aryl methyl sites for hydroxylation is 4. The summed E-state index contributed by atoms with van der Waals surface area (Å²) < 4.78 is 0. The fraction of sp³-hybridized carbons (Fsp3) is 0.400. The van der Waals surface area contributed by atoms with Gasteiger partial charge in [0.05, 0.1) is 0 Å². The van der Waals surface area contributed by atoms with Gasteiger partial charge in [-0.15, -0.1) is 0 Å². The number of hydrogen-bond donors (Lipinski definition) is 0. The molecule has 0 N–H and O–H groups in total. The Hall–Kier alpha value is -3.12. The highest BCUT2D eigenvalue weighted by molar-refractivity contribution is 5.97. The molecule has 0 aliphatic carbocycles. The van der Waals surface area contributed by atoms with E-state index < -0.39 is 0 Å². The maximum Gasteiger partial charge on any atom is -0.00264 e. The lowest BCUT2D eigenvalue weighted by molar-refractivity contribution is 0.782. The first-order chi connectivity index (χ1) is 19.7. The minimum atomic E-state index is 1.14. The molecular formula is C40H50. The fourth-order valence-corrected chi connectivity index (χ4v) is 6.19. The highest BCUT2D eigenvalue weighted by Crippen LogP contribution is 2.45. The van der Waals surface area contributed by atoms with E-state index >= 15 is 0 Å². The maximum absolute atomic E-state index is 2.41. The van der Waals surface area contributed by atoms with Crippen LogP contribution >= 0.6 is 0 Å². The molecular weight excluding hydrogens is 480 g/mol. The van der Waals surface area contributed by atoms with Crippen LogP contribution in [0.3, 0.4) is 0 Å². The molecule has 4 rings (SSSR count). The van der Waals surface area contributed by atoms with E-state index in [-0.39, 0.29) is 0 Å². The second-order valence-electron chi connectivity index (χ2n) is 11.4. The Morgan fingerprint density at radius 1 is 0.350 bits per heavy atom. The molecule has 0 amide bonds. The summed E-state index contributed by atoms with van der Waals surface area (Å²) in [5.74, 6) is 0. The Labute approximate surface area is 244 Å². The molecule has 4 aromatic carbocycles. The van der Waals surface area contributed by atoms with Crippen molar-refractivity contribution in [2.45, 2.75) is 105 Å². The first kappa shape index (κ1) is 29.9. The topological polar surface area (TPSA) is 0 Å². The van der Waals surface area contributed by atoms with Gasteiger partial charge in [-0.3, -0.25) is 0 Å². The Bertz CT molecular complexity index is 1190. The van der Waals surface area contributed by atoms with E-state index in [1.54, 1.807) is 0 Å². The van der Waals surface area contributed by atoms with E-state index in [4.69, 9.17) is 0 Å². The number of benzene rings is 4. The van der Waals surface area contributed by atoms with Crippen molar-refractivity contribution < 1.29 is 0 Å². The molecule has 0 atom stereocenters. The lowest BCUT2D eigenvalue weighted by Gasteiger charge is -2.24. The average Bonchev–Trinajstić information content (AvgIpc) is 3.00. The molecule has 0 saturated heterocycles. The number of hydrogen-bond acceptors (Lipinski definition) is 0. The minimum absolute atomic E-state index is 1.14. The van der Waals surface area contributed by atoms with Crippen LogP contribution in [0.15, 0.2) is 84.9 Å². The maximum atomic E-state index is 2.41. The Balaban J connectivity index is 2.06. The first-order valence-electron chi connectivity index (χ1n) is 16.1. The smallest absolute Gasteiger partial charge is 0.00264 e. The molecule has 210 valence electrons. The molecule has 0 nitrogen and oxygen atoms in total. The SMILES string of the molecule is CCCCc1cccc(CCCC)c1-c1cccc(-c2c(CCCC)cccc2CCCC)c1-c1ccccc1. The Kier molecular flexibility index (Phi) is 11.7. The molecule has 0 radical (unpaired) electrons. The van der Waals surface area contributed by atoms with Gasteiger partial charge < -0.3 is 0 Å². The van der Waals surface area contributed by atoms with E-state index in [9.17, 15) is 0 Å². The predicted molar refractivity (Wildman–Crippen MR) is 177 cm³/mol. The van der Waals surface area contributed by atoms with Gasteiger partial charge >= 0.3 is 0 Å². The minimum Gasteiger partial charge on any atom is -0.0654 e. The quantitative estimate of drug-likeness (QED) is 0.143. The third-order valence-electron chi connectivity index (χ3n) is 8.34. The van der Waals surface area contributed by atoms with Crippen molar-refractivity contribution in [3.8, 4) is 33.4 Å². The largest absolute Gasteiger partial charge is 0.0654 e. The van der Waals surface area contributed by atoms with Crippen LogP contribution in [0.5, 0.6) is 0 Å². The lowest BCUT2D eigenvalue weighted by Crippen LogP contribution is -2.02. The van der Waals surface area contributed by atoms with Gasteiger partial charge in [-0.05, 0) is 107 Å². The zero-order chi connectivity index (χ0) is 28.2. The summed E-state index contributed by atoms with van der Waals surface area (Å²) in [5, 5.41) is 0. The molecule has 0 heterocycles. The van der Waals surface area contributed by atoms with Gasteiger partial charge in [0.1, 0.15) is 0 Å². The van der Waals surface area contributed by atoms with E-state index in [1.165, 1.54) is 107 Å². The van der Waals surface area contributed by atoms with Gasteiger partial charge in [0.15, 0.2) is 0 Å². The van der Waals surface area contributed by atoms with E-state index in [0.717, 1.165) is 25.7 Å². The molecule has 0 heteroatoms. The predicted octanol–water partition coefficient (Wildman–Crippen LogP) is 12.1. The van der Waals surface area contributed by atoms with Gasteiger partial charge in [-0.25, -0.2) is 0 Å². The van der Waals surface area contributed by atoms with Crippen molar-refractivity contribution in [3.63, 3.8) is 0 Å². The van der Waals surface area contributed by atoms with Gasteiger partial charge in [0.25, 0.3) is 0 Å². The van der Waals surface area contributed by atoms with Crippen molar-refractivity contribution in [3.05, 3.63) is 107 Å². The number of rotatable bonds is 15. The van der Waals surface area contributed by atoms with Crippen LogP contribution in [0, 0.1) is 0 Å². The molecule has 0 aliphatic heterocycles. The molecule has 0 fully saturated rings. The normalized spacial score (nSPS) is 11.2. The summed E-state index contributed by atoms with van der Waals surface area (Å²) in [6, 6.07) is 32.5. The van der Waals surface area contributed by atoms with Crippen molar-refractivity contribution in [2.24, 2.45) is 0 Å². The highest BCUT2D eigenvalue weighted by Gasteiger charge is 2.21. The van der Waals surface area contributed by atoms with E-state index in [0.29, 0.717) is 0 Å². The van der Waals surface area contributed by atoms with Crippen LogP contribution in [0.4, 0.5) is 0 Å². The molecule has 0 bridgehead atoms. The second kappa shape index (κ2) is 15.6. The molecule has 0 spiro atoms. The lowest BCUT2D eigenvalue weighted by atomic mass is 9.80. The van der Waals surface area contributed by atoms with Gasteiger partial charge in [-0.2, -0.15) is 0 Å². The second-order valence-corrected chi connectivity index (χ2v) is 11.4. The Morgan fingerprint density at radius 3 is 1.05 bits per heavy atom. The summed E-state index contributed by atoms with van der Waals surface area (Å²) in [6.07, 6.45) is 14.3. The third-order valence-corrected chi connectivity index (χ3v) is 8.34.